The number of amides is 1. The van der Waals surface area contributed by atoms with E-state index in [4.69, 9.17) is 0 Å². The second kappa shape index (κ2) is 10.6. The Morgan fingerprint density at radius 1 is 0.882 bits per heavy atom. The smallest absolute Gasteiger partial charge is 0.253 e. The minimum absolute atomic E-state index is 0.0477. The fourth-order valence-corrected chi connectivity index (χ4v) is 6.29. The molecule has 178 valence electrons. The van der Waals surface area contributed by atoms with Gasteiger partial charge in [0.05, 0.1) is 11.4 Å². The molecule has 0 unspecified atom stereocenters. The first kappa shape index (κ1) is 24.9. The number of carbonyl (C=O) groups excluding carboxylic acids is 1. The van der Waals surface area contributed by atoms with Crippen LogP contribution in [0, 0.1) is 0 Å². The number of nitrogens with zero attached hydrogens (tertiary/aromatic N) is 2. The zero-order chi connectivity index (χ0) is 24.3. The summed E-state index contributed by atoms with van der Waals surface area (Å²) < 4.78 is 27.9. The number of hydrogen-bond donors (Lipinski definition) is 0. The first-order valence-electron chi connectivity index (χ1n) is 11.1. The van der Waals surface area contributed by atoms with Crippen LogP contribution in [-0.2, 0) is 22.9 Å². The molecule has 8 heteroatoms. The van der Waals surface area contributed by atoms with E-state index in [2.05, 4.69) is 56.1 Å². The van der Waals surface area contributed by atoms with E-state index in [1.807, 2.05) is 31.3 Å². The predicted molar refractivity (Wildman–Crippen MR) is 144 cm³/mol. The van der Waals surface area contributed by atoms with Crippen LogP contribution in [0.2, 0.25) is 0 Å². The van der Waals surface area contributed by atoms with Crippen molar-refractivity contribution in [3.8, 4) is 0 Å². The van der Waals surface area contributed by atoms with Crippen molar-refractivity contribution in [1.29, 1.82) is 0 Å². The van der Waals surface area contributed by atoms with Gasteiger partial charge in [0.2, 0.25) is 10.0 Å². The van der Waals surface area contributed by atoms with Crippen molar-refractivity contribution >= 4 is 53.5 Å². The molecule has 1 heterocycles. The number of rotatable bonds is 7. The molecular weight excluding hydrogens is 580 g/mol. The van der Waals surface area contributed by atoms with E-state index in [1.165, 1.54) is 4.31 Å². The van der Waals surface area contributed by atoms with E-state index >= 15 is 0 Å². The molecule has 1 fully saturated rings. The lowest BCUT2D eigenvalue weighted by molar-refractivity contribution is 0.0730. The van der Waals surface area contributed by atoms with Crippen LogP contribution in [-0.4, -0.2) is 44.6 Å². The Labute approximate surface area is 218 Å². The number of sulfonamides is 1. The average Bonchev–Trinajstić information content (AvgIpc) is 3.19. The van der Waals surface area contributed by atoms with Crippen LogP contribution < -0.4 is 4.31 Å². The number of hydrogen-bond acceptors (Lipinski definition) is 3. The van der Waals surface area contributed by atoms with Gasteiger partial charge in [-0.2, -0.15) is 0 Å². The van der Waals surface area contributed by atoms with Gasteiger partial charge in [0.15, 0.2) is 0 Å². The minimum atomic E-state index is -3.25. The largest absolute Gasteiger partial charge is 0.338 e. The molecule has 0 radical (unpaired) electrons. The zero-order valence-corrected chi connectivity index (χ0v) is 22.8. The molecule has 0 saturated carbocycles. The molecule has 0 atom stereocenters. The van der Waals surface area contributed by atoms with Crippen LogP contribution in [0.25, 0.3) is 0 Å². The molecule has 1 saturated heterocycles. The fourth-order valence-electron chi connectivity index (χ4n) is 4.20. The molecule has 0 aromatic heterocycles. The van der Waals surface area contributed by atoms with Crippen molar-refractivity contribution in [2.24, 2.45) is 0 Å². The highest BCUT2D eigenvalue weighted by Crippen LogP contribution is 2.25. The van der Waals surface area contributed by atoms with Gasteiger partial charge in [-0.25, -0.2) is 8.42 Å². The first-order chi connectivity index (χ1) is 16.2. The number of benzene rings is 3. The summed E-state index contributed by atoms with van der Waals surface area (Å²) in [6.07, 6.45) is 2.06. The monoisotopic (exact) mass is 604 g/mol. The molecule has 0 spiro atoms. The Kier molecular flexibility index (Phi) is 7.80. The van der Waals surface area contributed by atoms with Gasteiger partial charge >= 0.3 is 0 Å². The van der Waals surface area contributed by atoms with Crippen LogP contribution in [0.5, 0.6) is 0 Å². The van der Waals surface area contributed by atoms with E-state index in [0.29, 0.717) is 24.2 Å². The Bertz CT molecular complexity index is 1200. The van der Waals surface area contributed by atoms with Gasteiger partial charge in [0, 0.05) is 34.1 Å². The van der Waals surface area contributed by atoms with Gasteiger partial charge in [0.1, 0.15) is 0 Å². The van der Waals surface area contributed by atoms with Gasteiger partial charge < -0.3 is 4.90 Å². The highest BCUT2D eigenvalue weighted by atomic mass is 79.9. The summed E-state index contributed by atoms with van der Waals surface area (Å²) in [6.45, 7) is 0.484. The van der Waals surface area contributed by atoms with Crippen molar-refractivity contribution in [1.82, 2.24) is 4.90 Å². The topological polar surface area (TPSA) is 57.7 Å². The average molecular weight is 606 g/mol. The lowest BCUT2D eigenvalue weighted by Crippen LogP contribution is -2.40. The second-order valence-corrected chi connectivity index (χ2v) is 12.4. The van der Waals surface area contributed by atoms with Crippen molar-refractivity contribution in [3.63, 3.8) is 0 Å². The van der Waals surface area contributed by atoms with Gasteiger partial charge in [0.25, 0.3) is 5.91 Å². The number of carbonyl (C=O) groups is 1. The highest BCUT2D eigenvalue weighted by Gasteiger charge is 2.29. The third kappa shape index (κ3) is 5.90. The van der Waals surface area contributed by atoms with Crippen molar-refractivity contribution in [2.45, 2.75) is 25.3 Å². The fraction of sp³-hybridized carbons (Fsp3) is 0.269. The number of likely N-dealkylation sites (N-methyl/N-ethyl adjacent to an activating group) is 1. The molecule has 1 aliphatic rings. The minimum Gasteiger partial charge on any atom is -0.338 e. The number of halogens is 2. The van der Waals surface area contributed by atoms with Crippen LogP contribution >= 0.6 is 31.9 Å². The van der Waals surface area contributed by atoms with Crippen LogP contribution in [0.4, 0.5) is 5.69 Å². The quantitative estimate of drug-likeness (QED) is 0.348. The van der Waals surface area contributed by atoms with Crippen molar-refractivity contribution in [2.75, 3.05) is 23.7 Å². The van der Waals surface area contributed by atoms with Crippen LogP contribution in [0.3, 0.4) is 0 Å². The lowest BCUT2D eigenvalue weighted by atomic mass is 9.97. The van der Waals surface area contributed by atoms with Crippen LogP contribution in [0.1, 0.15) is 27.9 Å². The molecule has 4 rings (SSSR count). The van der Waals surface area contributed by atoms with E-state index in [1.54, 1.807) is 29.2 Å². The summed E-state index contributed by atoms with van der Waals surface area (Å²) in [7, 11) is -1.41. The Hall–Kier alpha value is -2.16. The third-order valence-electron chi connectivity index (χ3n) is 6.14. The van der Waals surface area contributed by atoms with E-state index < -0.39 is 10.0 Å². The predicted octanol–water partition coefficient (Wildman–Crippen LogP) is 5.68. The SMILES string of the molecule is CN(C(=O)c1ccc(N2CCCS2(=O)=O)cc1)C(Cc1ccc(Br)cc1)Cc1ccc(Br)cc1. The van der Waals surface area contributed by atoms with E-state index in [-0.39, 0.29) is 17.7 Å². The van der Waals surface area contributed by atoms with Crippen LogP contribution in [0.15, 0.2) is 81.7 Å². The molecule has 1 aliphatic heterocycles. The van der Waals surface area contributed by atoms with Gasteiger partial charge in [-0.1, -0.05) is 56.1 Å². The molecule has 0 N–H and O–H groups in total. The normalized spacial score (nSPS) is 15.0. The summed E-state index contributed by atoms with van der Waals surface area (Å²) in [5.41, 5.74) is 3.46. The van der Waals surface area contributed by atoms with E-state index in [0.717, 1.165) is 32.9 Å². The summed E-state index contributed by atoms with van der Waals surface area (Å²) in [5, 5.41) is 0. The maximum atomic E-state index is 13.4. The summed E-state index contributed by atoms with van der Waals surface area (Å²) in [4.78, 5) is 15.2. The van der Waals surface area contributed by atoms with Gasteiger partial charge in [-0.05, 0) is 78.9 Å². The Morgan fingerprint density at radius 2 is 1.38 bits per heavy atom. The third-order valence-corrected chi connectivity index (χ3v) is 9.07. The second-order valence-electron chi connectivity index (χ2n) is 8.52. The van der Waals surface area contributed by atoms with E-state index in [9.17, 15) is 13.2 Å². The summed E-state index contributed by atoms with van der Waals surface area (Å²) in [6, 6.07) is 23.2. The van der Waals surface area contributed by atoms with Gasteiger partial charge in [-0.3, -0.25) is 9.10 Å². The Balaban J connectivity index is 1.55. The molecule has 34 heavy (non-hydrogen) atoms. The molecule has 1 amide bonds. The molecule has 0 aliphatic carbocycles. The molecule has 3 aromatic rings. The molecule has 0 bridgehead atoms. The van der Waals surface area contributed by atoms with Gasteiger partial charge in [-0.15, -0.1) is 0 Å². The number of anilines is 1. The maximum absolute atomic E-state index is 13.4. The first-order valence-corrected chi connectivity index (χ1v) is 14.3. The zero-order valence-electron chi connectivity index (χ0n) is 18.8. The molecular formula is C26H26Br2N2O3S. The van der Waals surface area contributed by atoms with Crippen molar-refractivity contribution in [3.05, 3.63) is 98.4 Å². The molecule has 5 nitrogen and oxygen atoms in total. The summed E-state index contributed by atoms with van der Waals surface area (Å²) >= 11 is 6.96. The standard InChI is InChI=1S/C26H26Br2N2O3S/c1-29(26(31)21-7-13-24(14-8-21)30-15-2-16-34(30,32)33)25(17-19-3-9-22(27)10-4-19)18-20-5-11-23(28)12-6-20/h3-14,25H,2,15-18H2,1H3. The maximum Gasteiger partial charge on any atom is 0.253 e. The highest BCUT2D eigenvalue weighted by molar-refractivity contribution is 9.10. The lowest BCUT2D eigenvalue weighted by Gasteiger charge is -2.29. The summed E-state index contributed by atoms with van der Waals surface area (Å²) in [5.74, 6) is 0.0829. The Morgan fingerprint density at radius 3 is 1.82 bits per heavy atom. The molecule has 3 aromatic carbocycles. The van der Waals surface area contributed by atoms with Crippen molar-refractivity contribution < 1.29 is 13.2 Å².